The number of imidazole rings is 1. The lowest BCUT2D eigenvalue weighted by atomic mass is 9.91. The van der Waals surface area contributed by atoms with Crippen molar-refractivity contribution in [3.63, 3.8) is 0 Å². The van der Waals surface area contributed by atoms with E-state index in [2.05, 4.69) is 41.8 Å². The van der Waals surface area contributed by atoms with Crippen molar-refractivity contribution in [3.05, 3.63) is 18.2 Å². The van der Waals surface area contributed by atoms with Gasteiger partial charge in [-0.2, -0.15) is 0 Å². The molecule has 4 nitrogen and oxygen atoms in total. The van der Waals surface area contributed by atoms with Crippen LogP contribution in [0.2, 0.25) is 0 Å². The summed E-state index contributed by atoms with van der Waals surface area (Å²) in [6, 6.07) is 0.640. The van der Waals surface area contributed by atoms with Crippen molar-refractivity contribution in [1.29, 1.82) is 0 Å². The van der Waals surface area contributed by atoms with Crippen LogP contribution in [0.4, 0.5) is 0 Å². The Labute approximate surface area is 122 Å². The van der Waals surface area contributed by atoms with Crippen molar-refractivity contribution in [2.75, 3.05) is 6.61 Å². The standard InChI is InChI=1S/C16H29N3O/c1-4-16(12-20,18-14-6-7-14)8-5-10-19-11-9-17-15(19)13(2)3/h9,11,13-14,18,20H,4-8,10,12H2,1-3H3. The summed E-state index contributed by atoms with van der Waals surface area (Å²) >= 11 is 0. The van der Waals surface area contributed by atoms with E-state index >= 15 is 0 Å². The summed E-state index contributed by atoms with van der Waals surface area (Å²) in [6.45, 7) is 7.75. The molecule has 0 radical (unpaired) electrons. The Morgan fingerprint density at radius 1 is 1.50 bits per heavy atom. The molecule has 2 N–H and O–H groups in total. The molecule has 1 aliphatic carbocycles. The zero-order valence-corrected chi connectivity index (χ0v) is 13.1. The van der Waals surface area contributed by atoms with Crippen LogP contribution in [0.25, 0.3) is 0 Å². The summed E-state index contributed by atoms with van der Waals surface area (Å²) in [5.41, 5.74) is -0.0836. The van der Waals surface area contributed by atoms with Crippen LogP contribution >= 0.6 is 0 Å². The SMILES string of the molecule is CCC(CO)(CCCn1ccnc1C(C)C)NC1CC1. The highest BCUT2D eigenvalue weighted by Gasteiger charge is 2.33. The first-order valence-corrected chi connectivity index (χ1v) is 8.00. The molecule has 4 heteroatoms. The van der Waals surface area contributed by atoms with E-state index in [1.165, 1.54) is 12.8 Å². The predicted molar refractivity (Wildman–Crippen MR) is 81.8 cm³/mol. The van der Waals surface area contributed by atoms with Crippen LogP contribution in [-0.2, 0) is 6.54 Å². The second kappa shape index (κ2) is 6.72. The maximum atomic E-state index is 9.77. The minimum Gasteiger partial charge on any atom is -0.394 e. The molecular formula is C16H29N3O. The zero-order valence-electron chi connectivity index (χ0n) is 13.1. The van der Waals surface area contributed by atoms with E-state index < -0.39 is 0 Å². The first-order chi connectivity index (χ1) is 9.60. The van der Waals surface area contributed by atoms with E-state index in [1.807, 2.05) is 6.20 Å². The van der Waals surface area contributed by atoms with Gasteiger partial charge in [0.15, 0.2) is 0 Å². The molecule has 1 saturated carbocycles. The van der Waals surface area contributed by atoms with Crippen molar-refractivity contribution >= 4 is 0 Å². The van der Waals surface area contributed by atoms with E-state index in [1.54, 1.807) is 0 Å². The molecular weight excluding hydrogens is 250 g/mol. The van der Waals surface area contributed by atoms with Gasteiger partial charge in [0.25, 0.3) is 0 Å². The van der Waals surface area contributed by atoms with Gasteiger partial charge >= 0.3 is 0 Å². The van der Waals surface area contributed by atoms with Crippen LogP contribution in [0.15, 0.2) is 12.4 Å². The van der Waals surface area contributed by atoms with Gasteiger partial charge in [0.2, 0.25) is 0 Å². The van der Waals surface area contributed by atoms with Gasteiger partial charge in [-0.05, 0) is 32.1 Å². The van der Waals surface area contributed by atoms with E-state index in [0.717, 1.165) is 31.6 Å². The Kier molecular flexibility index (Phi) is 5.22. The minimum absolute atomic E-state index is 0.0836. The smallest absolute Gasteiger partial charge is 0.111 e. The maximum Gasteiger partial charge on any atom is 0.111 e. The number of aliphatic hydroxyl groups is 1. The summed E-state index contributed by atoms with van der Waals surface area (Å²) in [7, 11) is 0. The fraction of sp³-hybridized carbons (Fsp3) is 0.812. The van der Waals surface area contributed by atoms with Gasteiger partial charge in [0.05, 0.1) is 6.61 Å². The average Bonchev–Trinajstić information content (AvgIpc) is 3.12. The third kappa shape index (κ3) is 3.83. The van der Waals surface area contributed by atoms with E-state index in [0.29, 0.717) is 12.0 Å². The average molecular weight is 279 g/mol. The summed E-state index contributed by atoms with van der Waals surface area (Å²) in [5, 5.41) is 13.4. The normalized spacial score (nSPS) is 18.4. The highest BCUT2D eigenvalue weighted by Crippen LogP contribution is 2.27. The van der Waals surface area contributed by atoms with Crippen LogP contribution in [0, 0.1) is 0 Å². The fourth-order valence-corrected chi connectivity index (χ4v) is 2.85. The molecule has 0 amide bonds. The second-order valence-corrected chi connectivity index (χ2v) is 6.45. The molecule has 1 aromatic heterocycles. The first-order valence-electron chi connectivity index (χ1n) is 8.00. The van der Waals surface area contributed by atoms with Crippen molar-refractivity contribution < 1.29 is 5.11 Å². The highest BCUT2D eigenvalue weighted by molar-refractivity contribution is 4.98. The third-order valence-corrected chi connectivity index (χ3v) is 4.39. The van der Waals surface area contributed by atoms with Crippen LogP contribution < -0.4 is 5.32 Å². The zero-order chi connectivity index (χ0) is 14.6. The first kappa shape index (κ1) is 15.5. The lowest BCUT2D eigenvalue weighted by Gasteiger charge is -2.32. The molecule has 1 aliphatic rings. The minimum atomic E-state index is -0.0836. The van der Waals surface area contributed by atoms with Crippen LogP contribution in [0.1, 0.15) is 64.6 Å². The molecule has 1 unspecified atom stereocenters. The molecule has 1 heterocycles. The Morgan fingerprint density at radius 2 is 2.25 bits per heavy atom. The molecule has 1 atom stereocenters. The van der Waals surface area contributed by atoms with Gasteiger partial charge < -0.3 is 15.0 Å². The van der Waals surface area contributed by atoms with Gasteiger partial charge in [-0.1, -0.05) is 20.8 Å². The number of hydrogen-bond acceptors (Lipinski definition) is 3. The van der Waals surface area contributed by atoms with Gasteiger partial charge in [-0.3, -0.25) is 0 Å². The summed E-state index contributed by atoms with van der Waals surface area (Å²) < 4.78 is 2.25. The highest BCUT2D eigenvalue weighted by atomic mass is 16.3. The molecule has 0 aromatic carbocycles. The van der Waals surface area contributed by atoms with Crippen molar-refractivity contribution in [3.8, 4) is 0 Å². The molecule has 2 rings (SSSR count). The van der Waals surface area contributed by atoms with E-state index in [9.17, 15) is 5.11 Å². The number of aryl methyl sites for hydroxylation is 1. The number of nitrogens with zero attached hydrogens (tertiary/aromatic N) is 2. The number of hydrogen-bond donors (Lipinski definition) is 2. The third-order valence-electron chi connectivity index (χ3n) is 4.39. The molecule has 0 bridgehead atoms. The molecule has 20 heavy (non-hydrogen) atoms. The monoisotopic (exact) mass is 279 g/mol. The van der Waals surface area contributed by atoms with Crippen molar-refractivity contribution in [2.45, 2.75) is 76.9 Å². The molecule has 1 fully saturated rings. The van der Waals surface area contributed by atoms with Crippen LogP contribution in [0.5, 0.6) is 0 Å². The Bertz CT molecular complexity index is 406. The molecule has 1 aromatic rings. The Hall–Kier alpha value is -0.870. The van der Waals surface area contributed by atoms with Crippen molar-refractivity contribution in [1.82, 2.24) is 14.9 Å². The molecule has 0 spiro atoms. The Balaban J connectivity index is 1.87. The van der Waals surface area contributed by atoms with Gasteiger partial charge in [0.1, 0.15) is 5.82 Å². The maximum absolute atomic E-state index is 9.77. The lowest BCUT2D eigenvalue weighted by Crippen LogP contribution is -2.49. The predicted octanol–water partition coefficient (Wildman–Crippen LogP) is 2.68. The Morgan fingerprint density at radius 3 is 2.80 bits per heavy atom. The van der Waals surface area contributed by atoms with Crippen LogP contribution in [0.3, 0.4) is 0 Å². The molecule has 114 valence electrons. The molecule has 0 saturated heterocycles. The van der Waals surface area contributed by atoms with Gasteiger partial charge in [-0.15, -0.1) is 0 Å². The number of aliphatic hydroxyl groups excluding tert-OH is 1. The summed E-state index contributed by atoms with van der Waals surface area (Å²) in [5.74, 6) is 1.62. The topological polar surface area (TPSA) is 50.1 Å². The number of aromatic nitrogens is 2. The lowest BCUT2D eigenvalue weighted by molar-refractivity contribution is 0.141. The molecule has 0 aliphatic heterocycles. The van der Waals surface area contributed by atoms with Crippen LogP contribution in [-0.4, -0.2) is 32.8 Å². The van der Waals surface area contributed by atoms with Crippen molar-refractivity contribution in [2.24, 2.45) is 0 Å². The number of nitrogens with one attached hydrogen (secondary N) is 1. The summed E-state index contributed by atoms with van der Waals surface area (Å²) in [4.78, 5) is 4.43. The van der Waals surface area contributed by atoms with E-state index in [4.69, 9.17) is 0 Å². The fourth-order valence-electron chi connectivity index (χ4n) is 2.85. The summed E-state index contributed by atoms with van der Waals surface area (Å²) in [6.07, 6.45) is 9.56. The number of rotatable bonds is 9. The van der Waals surface area contributed by atoms with Gasteiger partial charge in [0, 0.05) is 36.4 Å². The van der Waals surface area contributed by atoms with E-state index in [-0.39, 0.29) is 12.1 Å². The second-order valence-electron chi connectivity index (χ2n) is 6.45. The quantitative estimate of drug-likeness (QED) is 0.730. The largest absolute Gasteiger partial charge is 0.394 e. The van der Waals surface area contributed by atoms with Gasteiger partial charge in [-0.25, -0.2) is 4.98 Å².